The second-order valence-corrected chi connectivity index (χ2v) is 13.3. The fourth-order valence-electron chi connectivity index (χ4n) is 6.62. The van der Waals surface area contributed by atoms with Gasteiger partial charge in [0.05, 0.1) is 25.3 Å². The summed E-state index contributed by atoms with van der Waals surface area (Å²) in [5.74, 6) is -1.25. The van der Waals surface area contributed by atoms with Gasteiger partial charge in [-0.1, -0.05) is 45.0 Å². The van der Waals surface area contributed by atoms with Gasteiger partial charge in [-0.2, -0.15) is 0 Å². The van der Waals surface area contributed by atoms with E-state index in [1.54, 1.807) is 45.0 Å². The van der Waals surface area contributed by atoms with E-state index in [2.05, 4.69) is 20.9 Å². The third kappa shape index (κ3) is 7.60. The lowest BCUT2D eigenvalue weighted by Gasteiger charge is -2.35. The zero-order valence-electron chi connectivity index (χ0n) is 27.5. The van der Waals surface area contributed by atoms with Crippen molar-refractivity contribution >= 4 is 41.4 Å². The van der Waals surface area contributed by atoms with E-state index in [1.165, 1.54) is 24.1 Å². The maximum Gasteiger partial charge on any atom is 0.407 e. The van der Waals surface area contributed by atoms with Gasteiger partial charge in [-0.05, 0) is 77.9 Å². The van der Waals surface area contributed by atoms with Gasteiger partial charge in [0, 0.05) is 30.0 Å². The van der Waals surface area contributed by atoms with Gasteiger partial charge in [-0.3, -0.25) is 14.4 Å². The fourth-order valence-corrected chi connectivity index (χ4v) is 6.62. The van der Waals surface area contributed by atoms with Crippen LogP contribution in [0.4, 0.5) is 26.2 Å². The Labute approximate surface area is 279 Å². The third-order valence-electron chi connectivity index (χ3n) is 9.02. The molecule has 0 aliphatic carbocycles. The maximum absolute atomic E-state index is 13.9. The molecule has 12 heteroatoms. The van der Waals surface area contributed by atoms with Crippen molar-refractivity contribution in [3.63, 3.8) is 0 Å². The van der Waals surface area contributed by atoms with E-state index in [0.29, 0.717) is 17.8 Å². The first-order valence-corrected chi connectivity index (χ1v) is 16.0. The molecule has 0 radical (unpaired) electrons. The number of halogens is 1. The molecule has 0 aromatic heterocycles. The Bertz CT molecular complexity index is 1610. The average Bonchev–Trinajstić information content (AvgIpc) is 3.68. The highest BCUT2D eigenvalue weighted by Crippen LogP contribution is 2.47. The molecule has 4 amide bonds. The Morgan fingerprint density at radius 2 is 1.48 bits per heavy atom. The predicted molar refractivity (Wildman–Crippen MR) is 180 cm³/mol. The number of ether oxygens (including phenoxy) is 1. The number of hydrogen-bond acceptors (Lipinski definition) is 7. The summed E-state index contributed by atoms with van der Waals surface area (Å²) in [4.78, 5) is 53.6. The van der Waals surface area contributed by atoms with Gasteiger partial charge < -0.3 is 35.6 Å². The summed E-state index contributed by atoms with van der Waals surface area (Å²) >= 11 is 0. The van der Waals surface area contributed by atoms with Crippen molar-refractivity contribution in [2.24, 2.45) is 5.41 Å². The largest absolute Gasteiger partial charge is 0.453 e. The van der Waals surface area contributed by atoms with Crippen LogP contribution in [0.2, 0.25) is 0 Å². The van der Waals surface area contributed by atoms with Crippen molar-refractivity contribution in [3.05, 3.63) is 89.7 Å². The van der Waals surface area contributed by atoms with Gasteiger partial charge in [0.25, 0.3) is 0 Å². The number of anilines is 3. The average molecular weight is 660 g/mol. The van der Waals surface area contributed by atoms with Gasteiger partial charge in [0.1, 0.15) is 17.9 Å². The molecule has 2 aliphatic rings. The quantitative estimate of drug-likeness (QED) is 0.233. The normalized spacial score (nSPS) is 21.4. The summed E-state index contributed by atoms with van der Waals surface area (Å²) in [6, 6.07) is 19.7. The minimum Gasteiger partial charge on any atom is -0.453 e. The molecule has 0 bridgehead atoms. The number of hydrogen-bond donors (Lipinski definition) is 4. The molecule has 2 aliphatic heterocycles. The number of nitrogens with zero attached hydrogens (tertiary/aromatic N) is 2. The third-order valence-corrected chi connectivity index (χ3v) is 9.02. The van der Waals surface area contributed by atoms with Gasteiger partial charge in [0.15, 0.2) is 0 Å². The number of nitrogens with one attached hydrogen (secondary N) is 3. The number of aliphatic hydroxyl groups is 1. The van der Waals surface area contributed by atoms with Crippen LogP contribution in [0, 0.1) is 11.2 Å². The number of carbonyl (C=O) groups is 4. The highest BCUT2D eigenvalue weighted by molar-refractivity contribution is 5.99. The van der Waals surface area contributed by atoms with E-state index in [0.717, 1.165) is 29.7 Å². The monoisotopic (exact) mass is 659 g/mol. The van der Waals surface area contributed by atoms with Gasteiger partial charge in [-0.15, -0.1) is 0 Å². The Morgan fingerprint density at radius 3 is 2.00 bits per heavy atom. The summed E-state index contributed by atoms with van der Waals surface area (Å²) in [5, 5.41) is 18.6. The second-order valence-electron chi connectivity index (χ2n) is 13.3. The minimum atomic E-state index is -0.977. The molecule has 2 fully saturated rings. The van der Waals surface area contributed by atoms with Gasteiger partial charge in [0.2, 0.25) is 18.2 Å². The zero-order chi connectivity index (χ0) is 34.6. The number of likely N-dealkylation sites (tertiary alicyclic amines) is 1. The molecule has 0 spiro atoms. The van der Waals surface area contributed by atoms with Crippen molar-refractivity contribution in [1.29, 1.82) is 0 Å². The Hall–Kier alpha value is -4.97. The van der Waals surface area contributed by atoms with Crippen molar-refractivity contribution < 1.29 is 33.4 Å². The summed E-state index contributed by atoms with van der Waals surface area (Å²) < 4.78 is 18.6. The highest BCUT2D eigenvalue weighted by atomic mass is 19.1. The van der Waals surface area contributed by atoms with Crippen LogP contribution < -0.4 is 20.9 Å². The standard InChI is InChI=1S/C36H42FN5O6/c1-36(2,3)32(40-35(47)48-4)34(46)41-20-28(44)19-31(41)33(45)39-26-13-7-23(8-14-26)30-18-17-29(22-5-11-25(12-6-22)38-21-43)42(30)27-15-9-24(37)10-16-27/h5-16,21,28-32,44H,17-20H2,1-4H3,(H,38,43)(H,39,45)(H,40,47). The topological polar surface area (TPSA) is 140 Å². The summed E-state index contributed by atoms with van der Waals surface area (Å²) in [5.41, 5.74) is 3.48. The fraction of sp³-hybridized carbons (Fsp3) is 0.389. The maximum atomic E-state index is 13.9. The molecular formula is C36H42FN5O6. The van der Waals surface area contributed by atoms with Crippen LogP contribution in [-0.4, -0.2) is 66.2 Å². The molecule has 2 heterocycles. The first-order valence-electron chi connectivity index (χ1n) is 16.0. The van der Waals surface area contributed by atoms with E-state index >= 15 is 0 Å². The predicted octanol–water partition coefficient (Wildman–Crippen LogP) is 5.15. The molecule has 5 unspecified atom stereocenters. The summed E-state index contributed by atoms with van der Waals surface area (Å²) in [7, 11) is 1.21. The molecule has 5 atom stereocenters. The van der Waals surface area contributed by atoms with Crippen LogP contribution in [0.25, 0.3) is 0 Å². The van der Waals surface area contributed by atoms with Crippen LogP contribution in [0.5, 0.6) is 0 Å². The number of aliphatic hydroxyl groups excluding tert-OH is 1. The lowest BCUT2D eigenvalue weighted by molar-refractivity contribution is -0.140. The molecule has 0 saturated carbocycles. The van der Waals surface area contributed by atoms with E-state index in [4.69, 9.17) is 4.74 Å². The number of β-amino-alcohol motifs (C(OH)–C–C–N with tert-alkyl or cyclic N) is 1. The Kier molecular flexibility index (Phi) is 10.3. The SMILES string of the molecule is COC(=O)NC(C(=O)N1CC(O)CC1C(=O)Nc1ccc(C2CCC(c3ccc(NC=O)cc3)N2c2ccc(F)cc2)cc1)C(C)(C)C. The molecule has 4 N–H and O–H groups in total. The van der Waals surface area contributed by atoms with Crippen molar-refractivity contribution in [3.8, 4) is 0 Å². The molecule has 3 aromatic carbocycles. The number of rotatable bonds is 9. The van der Waals surface area contributed by atoms with Crippen molar-refractivity contribution in [2.45, 2.75) is 70.3 Å². The number of benzene rings is 3. The van der Waals surface area contributed by atoms with Crippen LogP contribution in [0.1, 0.15) is 63.2 Å². The smallest absolute Gasteiger partial charge is 0.407 e. The zero-order valence-corrected chi connectivity index (χ0v) is 27.5. The summed E-state index contributed by atoms with van der Waals surface area (Å²) in [6.45, 7) is 5.34. The summed E-state index contributed by atoms with van der Waals surface area (Å²) in [6.07, 6.45) is 0.713. The molecule has 11 nitrogen and oxygen atoms in total. The highest BCUT2D eigenvalue weighted by Gasteiger charge is 2.45. The Balaban J connectivity index is 1.33. The Morgan fingerprint density at radius 1 is 0.917 bits per heavy atom. The minimum absolute atomic E-state index is 0.00744. The van der Waals surface area contributed by atoms with E-state index in [1.807, 2.05) is 36.4 Å². The lowest BCUT2D eigenvalue weighted by Crippen LogP contribution is -2.57. The molecule has 5 rings (SSSR count). The number of alkyl carbamates (subject to hydrolysis) is 1. The number of amides is 4. The van der Waals surface area contributed by atoms with Gasteiger partial charge >= 0.3 is 6.09 Å². The second kappa shape index (κ2) is 14.4. The van der Waals surface area contributed by atoms with Crippen LogP contribution in [0.3, 0.4) is 0 Å². The van der Waals surface area contributed by atoms with Crippen molar-refractivity contribution in [2.75, 3.05) is 29.2 Å². The molecular weight excluding hydrogens is 617 g/mol. The van der Waals surface area contributed by atoms with Gasteiger partial charge in [-0.25, -0.2) is 9.18 Å². The first kappa shape index (κ1) is 34.4. The van der Waals surface area contributed by atoms with Crippen LogP contribution in [-0.2, 0) is 19.1 Å². The van der Waals surface area contributed by atoms with E-state index < -0.39 is 41.5 Å². The lowest BCUT2D eigenvalue weighted by atomic mass is 9.85. The van der Waals surface area contributed by atoms with Crippen molar-refractivity contribution in [1.82, 2.24) is 10.2 Å². The number of carbonyl (C=O) groups excluding carboxylic acids is 4. The molecule has 3 aromatic rings. The number of methoxy groups -OCH3 is 1. The molecule has 48 heavy (non-hydrogen) atoms. The molecule has 2 saturated heterocycles. The molecule has 254 valence electrons. The van der Waals surface area contributed by atoms with E-state index in [-0.39, 0.29) is 30.9 Å². The van der Waals surface area contributed by atoms with Crippen LogP contribution in [0.15, 0.2) is 72.8 Å². The van der Waals surface area contributed by atoms with E-state index in [9.17, 15) is 28.7 Å². The first-order chi connectivity index (χ1) is 22.9. The van der Waals surface area contributed by atoms with Crippen LogP contribution >= 0.6 is 0 Å².